The van der Waals surface area contributed by atoms with Gasteiger partial charge in [0.25, 0.3) is 0 Å². The molecular formula is C18H30N2O. The van der Waals surface area contributed by atoms with E-state index in [1.54, 1.807) is 7.11 Å². The highest BCUT2D eigenvalue weighted by atomic mass is 16.5. The van der Waals surface area contributed by atoms with Gasteiger partial charge in [-0.3, -0.25) is 4.90 Å². The molecule has 2 unspecified atom stereocenters. The van der Waals surface area contributed by atoms with E-state index in [2.05, 4.69) is 43.9 Å². The molecule has 1 aromatic carbocycles. The molecule has 0 amide bonds. The summed E-state index contributed by atoms with van der Waals surface area (Å²) in [5.74, 6) is 1.51. The molecule has 1 saturated heterocycles. The second-order valence-electron chi connectivity index (χ2n) is 6.50. The molecule has 0 spiro atoms. The first-order chi connectivity index (χ1) is 10.1. The molecular weight excluding hydrogens is 260 g/mol. The number of methoxy groups -OCH3 is 1. The highest BCUT2D eigenvalue weighted by molar-refractivity contribution is 5.37. The van der Waals surface area contributed by atoms with Crippen LogP contribution in [0.2, 0.25) is 0 Å². The lowest BCUT2D eigenvalue weighted by Crippen LogP contribution is -2.39. The third kappa shape index (κ3) is 3.58. The van der Waals surface area contributed by atoms with E-state index in [0.717, 1.165) is 12.3 Å². The lowest BCUT2D eigenvalue weighted by Gasteiger charge is -2.38. The van der Waals surface area contributed by atoms with Gasteiger partial charge in [0.15, 0.2) is 0 Å². The van der Waals surface area contributed by atoms with E-state index in [1.807, 2.05) is 0 Å². The van der Waals surface area contributed by atoms with Crippen molar-refractivity contribution in [1.82, 2.24) is 4.90 Å². The molecule has 2 N–H and O–H groups in total. The third-order valence-corrected chi connectivity index (χ3v) is 4.77. The van der Waals surface area contributed by atoms with Crippen LogP contribution in [0.5, 0.6) is 5.75 Å². The van der Waals surface area contributed by atoms with E-state index in [1.165, 1.54) is 36.9 Å². The zero-order chi connectivity index (χ0) is 15.4. The lowest BCUT2D eigenvalue weighted by molar-refractivity contribution is 0.121. The Balaban J connectivity index is 2.39. The molecule has 1 aliphatic heterocycles. The van der Waals surface area contributed by atoms with Crippen LogP contribution in [0.4, 0.5) is 0 Å². The van der Waals surface area contributed by atoms with E-state index >= 15 is 0 Å². The number of nitrogens with two attached hydrogens (primary N) is 1. The maximum atomic E-state index is 6.11. The van der Waals surface area contributed by atoms with Gasteiger partial charge in [0, 0.05) is 12.1 Å². The second kappa shape index (κ2) is 7.28. The van der Waals surface area contributed by atoms with Crippen LogP contribution in [0.15, 0.2) is 18.2 Å². The summed E-state index contributed by atoms with van der Waals surface area (Å²) in [4.78, 5) is 2.63. The Bertz CT molecular complexity index is 459. The van der Waals surface area contributed by atoms with Crippen LogP contribution in [-0.2, 0) is 0 Å². The fourth-order valence-electron chi connectivity index (χ4n) is 3.64. The van der Waals surface area contributed by atoms with Crippen LogP contribution in [0.1, 0.15) is 50.3 Å². The Labute approximate surface area is 129 Å². The van der Waals surface area contributed by atoms with Crippen molar-refractivity contribution in [3.8, 4) is 5.75 Å². The molecule has 2 rings (SSSR count). The van der Waals surface area contributed by atoms with Crippen molar-refractivity contribution in [2.24, 2.45) is 11.7 Å². The Morgan fingerprint density at radius 2 is 2.10 bits per heavy atom. The summed E-state index contributed by atoms with van der Waals surface area (Å²) in [5.41, 5.74) is 8.70. The molecule has 2 atom stereocenters. The van der Waals surface area contributed by atoms with Gasteiger partial charge in [-0.15, -0.1) is 0 Å². The van der Waals surface area contributed by atoms with Crippen LogP contribution >= 0.6 is 0 Å². The molecule has 0 radical (unpaired) electrons. The van der Waals surface area contributed by atoms with Crippen molar-refractivity contribution < 1.29 is 4.74 Å². The highest BCUT2D eigenvalue weighted by Crippen LogP contribution is 2.37. The number of ether oxygens (including phenoxy) is 1. The minimum atomic E-state index is 0.433. The molecule has 3 heteroatoms. The van der Waals surface area contributed by atoms with Crippen molar-refractivity contribution in [3.05, 3.63) is 29.3 Å². The Morgan fingerprint density at radius 1 is 1.33 bits per heavy atom. The smallest absolute Gasteiger partial charge is 0.121 e. The molecule has 1 fully saturated rings. The van der Waals surface area contributed by atoms with Crippen molar-refractivity contribution >= 4 is 0 Å². The van der Waals surface area contributed by atoms with Gasteiger partial charge >= 0.3 is 0 Å². The average molecular weight is 290 g/mol. The summed E-state index contributed by atoms with van der Waals surface area (Å²) < 4.78 is 5.40. The number of nitrogens with zero attached hydrogens (tertiary/aromatic N) is 1. The quantitative estimate of drug-likeness (QED) is 0.922. The molecule has 1 aromatic rings. The van der Waals surface area contributed by atoms with Crippen molar-refractivity contribution in [1.29, 1.82) is 0 Å². The minimum absolute atomic E-state index is 0.433. The monoisotopic (exact) mass is 290 g/mol. The minimum Gasteiger partial charge on any atom is -0.496 e. The first-order valence-corrected chi connectivity index (χ1v) is 8.18. The zero-order valence-corrected chi connectivity index (χ0v) is 13.9. The predicted octanol–water partition coefficient (Wildman–Crippen LogP) is 3.51. The number of aryl methyl sites for hydroxylation is 1. The van der Waals surface area contributed by atoms with E-state index in [4.69, 9.17) is 10.5 Å². The molecule has 0 saturated carbocycles. The van der Waals surface area contributed by atoms with E-state index < -0.39 is 0 Å². The summed E-state index contributed by atoms with van der Waals surface area (Å²) in [6, 6.07) is 7.58. The summed E-state index contributed by atoms with van der Waals surface area (Å²) in [6.45, 7) is 8.64. The summed E-state index contributed by atoms with van der Waals surface area (Å²) in [6.07, 6.45) is 3.80. The van der Waals surface area contributed by atoms with E-state index in [-0.39, 0.29) is 0 Å². The molecule has 1 aliphatic rings. The van der Waals surface area contributed by atoms with Crippen molar-refractivity contribution in [2.45, 2.75) is 52.1 Å². The maximum absolute atomic E-state index is 6.11. The SMILES string of the molecule is COc1ccc(C2C(CN)CCCCN2C(C)C)cc1C. The fourth-order valence-corrected chi connectivity index (χ4v) is 3.64. The summed E-state index contributed by atoms with van der Waals surface area (Å²) >= 11 is 0. The third-order valence-electron chi connectivity index (χ3n) is 4.77. The Kier molecular flexibility index (Phi) is 5.65. The number of likely N-dealkylation sites (tertiary alicyclic amines) is 1. The van der Waals surface area contributed by atoms with Crippen molar-refractivity contribution in [2.75, 3.05) is 20.2 Å². The molecule has 21 heavy (non-hydrogen) atoms. The van der Waals surface area contributed by atoms with E-state index in [0.29, 0.717) is 18.0 Å². The molecule has 0 bridgehead atoms. The highest BCUT2D eigenvalue weighted by Gasteiger charge is 2.31. The Hall–Kier alpha value is -1.06. The number of hydrogen-bond donors (Lipinski definition) is 1. The largest absolute Gasteiger partial charge is 0.496 e. The van der Waals surface area contributed by atoms with Crippen LogP contribution < -0.4 is 10.5 Å². The standard InChI is InChI=1S/C18H30N2O/c1-13(2)20-10-6-5-7-16(12-19)18(20)15-8-9-17(21-4)14(3)11-15/h8-9,11,13,16,18H,5-7,10,12,19H2,1-4H3. The first kappa shape index (κ1) is 16.3. The van der Waals surface area contributed by atoms with Gasteiger partial charge in [-0.2, -0.15) is 0 Å². The van der Waals surface area contributed by atoms with Gasteiger partial charge in [0.05, 0.1) is 7.11 Å². The van der Waals surface area contributed by atoms with Crippen molar-refractivity contribution in [3.63, 3.8) is 0 Å². The number of rotatable bonds is 4. The van der Waals surface area contributed by atoms with Gasteiger partial charge in [0.1, 0.15) is 5.75 Å². The first-order valence-electron chi connectivity index (χ1n) is 8.18. The van der Waals surface area contributed by atoms with Crippen LogP contribution in [-0.4, -0.2) is 31.1 Å². The van der Waals surface area contributed by atoms with Gasteiger partial charge in [0.2, 0.25) is 0 Å². The Morgan fingerprint density at radius 3 is 2.67 bits per heavy atom. The number of hydrogen-bond acceptors (Lipinski definition) is 3. The van der Waals surface area contributed by atoms with Gasteiger partial charge in [-0.05, 0) is 69.8 Å². The molecule has 118 valence electrons. The summed E-state index contributed by atoms with van der Waals surface area (Å²) in [7, 11) is 1.73. The van der Waals surface area contributed by atoms with Crippen LogP contribution in [0.3, 0.4) is 0 Å². The molecule has 0 aromatic heterocycles. The zero-order valence-electron chi connectivity index (χ0n) is 13.9. The van der Waals surface area contributed by atoms with Gasteiger partial charge in [-0.25, -0.2) is 0 Å². The normalized spacial score (nSPS) is 24.1. The maximum Gasteiger partial charge on any atom is 0.121 e. The predicted molar refractivity (Wildman–Crippen MR) is 88.7 cm³/mol. The molecule has 1 heterocycles. The van der Waals surface area contributed by atoms with Gasteiger partial charge < -0.3 is 10.5 Å². The molecule has 0 aliphatic carbocycles. The summed E-state index contributed by atoms with van der Waals surface area (Å²) in [5, 5.41) is 0. The van der Waals surface area contributed by atoms with Gasteiger partial charge in [-0.1, -0.05) is 18.6 Å². The van der Waals surface area contributed by atoms with E-state index in [9.17, 15) is 0 Å². The molecule has 3 nitrogen and oxygen atoms in total. The second-order valence-corrected chi connectivity index (χ2v) is 6.50. The lowest BCUT2D eigenvalue weighted by atomic mass is 9.88. The van der Waals surface area contributed by atoms with Crippen LogP contribution in [0.25, 0.3) is 0 Å². The van der Waals surface area contributed by atoms with Crippen LogP contribution in [0, 0.1) is 12.8 Å². The number of benzene rings is 1. The topological polar surface area (TPSA) is 38.5 Å². The fraction of sp³-hybridized carbons (Fsp3) is 0.667. The average Bonchev–Trinajstić information content (AvgIpc) is 2.69.